The zero-order valence-electron chi connectivity index (χ0n) is 7.60. The molecule has 2 rings (SSSR count). The van der Waals surface area contributed by atoms with Gasteiger partial charge < -0.3 is 15.6 Å². The second-order valence-electron chi connectivity index (χ2n) is 3.06. The number of hydrogen-bond acceptors (Lipinski definition) is 4. The Hall–Kier alpha value is -1.85. The number of carbonyl (C=O) groups is 1. The number of aliphatic imine (C=N–C) groups is 1. The Kier molecular flexibility index (Phi) is 2.18. The third-order valence-corrected chi connectivity index (χ3v) is 2.05. The number of anilines is 1. The molecule has 14 heavy (non-hydrogen) atoms. The van der Waals surface area contributed by atoms with Gasteiger partial charge >= 0.3 is 0 Å². The summed E-state index contributed by atoms with van der Waals surface area (Å²) in [5, 5.41) is 2.99. The number of nitrogens with zero attached hydrogens (tertiary/aromatic N) is 3. The summed E-state index contributed by atoms with van der Waals surface area (Å²) in [4.78, 5) is 18.8. The first-order chi connectivity index (χ1) is 6.77. The third kappa shape index (κ3) is 1.59. The Morgan fingerprint density at radius 3 is 3.36 bits per heavy atom. The Balaban J connectivity index is 2.12. The van der Waals surface area contributed by atoms with Crippen molar-refractivity contribution in [3.63, 3.8) is 0 Å². The predicted molar refractivity (Wildman–Crippen MR) is 51.9 cm³/mol. The van der Waals surface area contributed by atoms with Gasteiger partial charge in [-0.2, -0.15) is 0 Å². The van der Waals surface area contributed by atoms with Crippen molar-refractivity contribution in [2.75, 3.05) is 5.32 Å². The van der Waals surface area contributed by atoms with E-state index in [1.807, 2.05) is 4.57 Å². The summed E-state index contributed by atoms with van der Waals surface area (Å²) in [5.74, 6) is 0.596. The van der Waals surface area contributed by atoms with Gasteiger partial charge in [0.1, 0.15) is 11.5 Å². The van der Waals surface area contributed by atoms with Gasteiger partial charge in [-0.25, -0.2) is 4.98 Å². The van der Waals surface area contributed by atoms with Gasteiger partial charge in [0.05, 0.1) is 19.2 Å². The maximum atomic E-state index is 10.6. The van der Waals surface area contributed by atoms with Crippen LogP contribution in [0.1, 0.15) is 12.1 Å². The average molecular weight is 193 g/mol. The van der Waals surface area contributed by atoms with Gasteiger partial charge in [0.2, 0.25) is 5.91 Å². The fourth-order valence-electron chi connectivity index (χ4n) is 1.35. The van der Waals surface area contributed by atoms with Crippen LogP contribution in [0.25, 0.3) is 0 Å². The van der Waals surface area contributed by atoms with E-state index in [1.165, 1.54) is 0 Å². The molecule has 0 saturated heterocycles. The van der Waals surface area contributed by atoms with Crippen LogP contribution in [0.4, 0.5) is 5.82 Å². The van der Waals surface area contributed by atoms with Crippen LogP contribution in [-0.2, 0) is 17.9 Å². The Labute approximate surface area is 80.8 Å². The lowest BCUT2D eigenvalue weighted by Gasteiger charge is -2.10. The summed E-state index contributed by atoms with van der Waals surface area (Å²) in [6.45, 7) is 1.14. The minimum absolute atomic E-state index is 0.308. The molecule has 6 nitrogen and oxygen atoms in total. The monoisotopic (exact) mass is 193 g/mol. The number of imidazole rings is 1. The Bertz CT molecular complexity index is 381. The van der Waals surface area contributed by atoms with Crippen molar-refractivity contribution in [3.05, 3.63) is 12.0 Å². The molecule has 1 aromatic rings. The number of aromatic nitrogens is 2. The molecular formula is C8H11N5O. The molecule has 0 saturated carbocycles. The predicted octanol–water partition coefficient (Wildman–Crippen LogP) is -0.288. The van der Waals surface area contributed by atoms with Crippen LogP contribution >= 0.6 is 0 Å². The largest absolute Gasteiger partial charge is 0.370 e. The number of hydrogen-bond donors (Lipinski definition) is 2. The van der Waals surface area contributed by atoms with Gasteiger partial charge in [0, 0.05) is 13.0 Å². The summed E-state index contributed by atoms with van der Waals surface area (Å²) in [6, 6.07) is 0. The fraction of sp³-hybridized carbons (Fsp3) is 0.375. The number of primary amides is 1. The molecule has 0 spiro atoms. The minimum Gasteiger partial charge on any atom is -0.370 e. The molecule has 1 aromatic heterocycles. The van der Waals surface area contributed by atoms with E-state index in [9.17, 15) is 4.79 Å². The highest BCUT2D eigenvalue weighted by Crippen LogP contribution is 2.17. The van der Waals surface area contributed by atoms with Crippen molar-refractivity contribution in [1.82, 2.24) is 9.55 Å². The van der Waals surface area contributed by atoms with Gasteiger partial charge in [0.15, 0.2) is 0 Å². The number of nitrogens with two attached hydrogens (primary N) is 1. The van der Waals surface area contributed by atoms with E-state index in [-0.39, 0.29) is 5.91 Å². The molecule has 0 aliphatic carbocycles. The van der Waals surface area contributed by atoms with Crippen LogP contribution in [-0.4, -0.2) is 21.8 Å². The molecular weight excluding hydrogens is 182 g/mol. The second kappa shape index (κ2) is 3.49. The van der Waals surface area contributed by atoms with Crippen molar-refractivity contribution in [3.8, 4) is 0 Å². The molecule has 0 atom stereocenters. The summed E-state index contributed by atoms with van der Waals surface area (Å²) in [5.41, 5.74) is 5.97. The lowest BCUT2D eigenvalue weighted by atomic mass is 10.3. The molecule has 2 heterocycles. The second-order valence-corrected chi connectivity index (χ2v) is 3.06. The highest BCUT2D eigenvalue weighted by atomic mass is 16.1. The Morgan fingerprint density at radius 2 is 2.57 bits per heavy atom. The first-order valence-electron chi connectivity index (χ1n) is 4.34. The summed E-state index contributed by atoms with van der Waals surface area (Å²) >= 11 is 0. The van der Waals surface area contributed by atoms with E-state index in [0.29, 0.717) is 19.5 Å². The van der Waals surface area contributed by atoms with E-state index < -0.39 is 0 Å². The molecule has 0 unspecified atom stereocenters. The number of nitrogens with one attached hydrogen (secondary N) is 1. The molecule has 0 aromatic carbocycles. The van der Waals surface area contributed by atoms with Gasteiger partial charge in [-0.15, -0.1) is 0 Å². The molecule has 1 aliphatic rings. The third-order valence-electron chi connectivity index (χ3n) is 2.05. The van der Waals surface area contributed by atoms with Crippen molar-refractivity contribution in [2.24, 2.45) is 10.7 Å². The van der Waals surface area contributed by atoms with Crippen molar-refractivity contribution in [1.29, 1.82) is 0 Å². The van der Waals surface area contributed by atoms with Crippen LogP contribution < -0.4 is 11.1 Å². The van der Waals surface area contributed by atoms with Crippen molar-refractivity contribution < 1.29 is 4.79 Å². The van der Waals surface area contributed by atoms with Gasteiger partial charge in [0.25, 0.3) is 0 Å². The fourth-order valence-corrected chi connectivity index (χ4v) is 1.35. The maximum absolute atomic E-state index is 10.6. The smallest absolute Gasteiger partial charge is 0.219 e. The van der Waals surface area contributed by atoms with Crippen molar-refractivity contribution >= 4 is 18.1 Å². The van der Waals surface area contributed by atoms with Crippen LogP contribution in [0, 0.1) is 0 Å². The summed E-state index contributed by atoms with van der Waals surface area (Å²) in [7, 11) is 0. The molecule has 6 heteroatoms. The van der Waals surface area contributed by atoms with E-state index in [4.69, 9.17) is 5.73 Å². The van der Waals surface area contributed by atoms with Crippen LogP contribution in [0.2, 0.25) is 0 Å². The molecule has 3 N–H and O–H groups in total. The normalized spacial score (nSPS) is 13.4. The first kappa shape index (κ1) is 8.74. The molecule has 0 fully saturated rings. The lowest BCUT2D eigenvalue weighted by molar-refractivity contribution is -0.118. The number of rotatable bonds is 3. The van der Waals surface area contributed by atoms with E-state index >= 15 is 0 Å². The van der Waals surface area contributed by atoms with E-state index in [2.05, 4.69) is 15.3 Å². The lowest BCUT2D eigenvalue weighted by Crippen LogP contribution is -2.15. The van der Waals surface area contributed by atoms with Crippen LogP contribution in [0.3, 0.4) is 0 Å². The molecule has 0 bridgehead atoms. The number of amides is 1. The molecule has 74 valence electrons. The average Bonchev–Trinajstić information content (AvgIpc) is 2.58. The minimum atomic E-state index is -0.308. The number of aryl methyl sites for hydroxylation is 1. The summed E-state index contributed by atoms with van der Waals surface area (Å²) < 4.78 is 1.87. The standard InChI is InChI=1S/C8H11N5O/c9-7(14)1-2-13-5-12-6-3-10-4-11-8(6)13/h4-5H,1-3H2,(H2,9,14)(H,10,11). The van der Waals surface area contributed by atoms with Gasteiger partial charge in [-0.3, -0.25) is 9.79 Å². The number of carbonyl (C=O) groups excluding carboxylic acids is 1. The highest BCUT2D eigenvalue weighted by molar-refractivity contribution is 5.77. The number of fused-ring (bicyclic) bond motifs is 1. The van der Waals surface area contributed by atoms with Gasteiger partial charge in [-0.1, -0.05) is 0 Å². The highest BCUT2D eigenvalue weighted by Gasteiger charge is 2.12. The SMILES string of the molecule is NC(=O)CCn1cnc2c1NC=NC2. The topological polar surface area (TPSA) is 85.3 Å². The van der Waals surface area contributed by atoms with Crippen LogP contribution in [0.15, 0.2) is 11.3 Å². The first-order valence-corrected chi connectivity index (χ1v) is 4.34. The molecule has 0 radical (unpaired) electrons. The van der Waals surface area contributed by atoms with Gasteiger partial charge in [-0.05, 0) is 0 Å². The zero-order valence-corrected chi connectivity index (χ0v) is 7.60. The van der Waals surface area contributed by atoms with Crippen LogP contribution in [0.5, 0.6) is 0 Å². The quantitative estimate of drug-likeness (QED) is 0.691. The van der Waals surface area contributed by atoms with E-state index in [1.54, 1.807) is 12.7 Å². The zero-order chi connectivity index (χ0) is 9.97. The maximum Gasteiger partial charge on any atom is 0.219 e. The Morgan fingerprint density at radius 1 is 1.71 bits per heavy atom. The molecule has 1 amide bonds. The van der Waals surface area contributed by atoms with Crippen molar-refractivity contribution in [2.45, 2.75) is 19.5 Å². The molecule has 1 aliphatic heterocycles. The summed E-state index contributed by atoms with van der Waals surface area (Å²) in [6.07, 6.45) is 3.64. The van der Waals surface area contributed by atoms with E-state index in [0.717, 1.165) is 11.5 Å².